The topological polar surface area (TPSA) is 131 Å². The highest BCUT2D eigenvalue weighted by molar-refractivity contribution is 7.13. The van der Waals surface area contributed by atoms with E-state index in [1.807, 2.05) is 6.07 Å². The summed E-state index contributed by atoms with van der Waals surface area (Å²) in [5, 5.41) is 16.3. The maximum Gasteiger partial charge on any atom is 0.347 e. The number of carboxylic acids is 1. The third-order valence-electron chi connectivity index (χ3n) is 3.68. The highest BCUT2D eigenvalue weighted by atomic mass is 32.1. The van der Waals surface area contributed by atoms with Crippen molar-refractivity contribution in [1.82, 2.24) is 25.4 Å². The fourth-order valence-corrected chi connectivity index (χ4v) is 3.26. The van der Waals surface area contributed by atoms with Crippen molar-refractivity contribution < 1.29 is 19.2 Å². The van der Waals surface area contributed by atoms with Crippen LogP contribution in [0.2, 0.25) is 0 Å². The van der Waals surface area contributed by atoms with Gasteiger partial charge in [0.05, 0.1) is 11.7 Å². The first-order valence-electron chi connectivity index (χ1n) is 8.18. The Morgan fingerprint density at radius 3 is 2.81 bits per heavy atom. The SMILES string of the molecule is Cc1nc(C(C)NC(=O)CCc2nc(-c3ccccn3)no2)sc1C(=O)O. The van der Waals surface area contributed by atoms with Gasteiger partial charge in [-0.25, -0.2) is 9.78 Å². The van der Waals surface area contributed by atoms with Gasteiger partial charge in [-0.2, -0.15) is 4.98 Å². The summed E-state index contributed by atoms with van der Waals surface area (Å²) in [6.45, 7) is 3.39. The molecule has 27 heavy (non-hydrogen) atoms. The molecule has 3 aromatic heterocycles. The molecule has 2 N–H and O–H groups in total. The van der Waals surface area contributed by atoms with Crippen LogP contribution < -0.4 is 5.32 Å². The number of aromatic nitrogens is 4. The van der Waals surface area contributed by atoms with Crippen LogP contribution in [-0.4, -0.2) is 37.1 Å². The highest BCUT2D eigenvalue weighted by Gasteiger charge is 2.19. The van der Waals surface area contributed by atoms with E-state index in [1.165, 1.54) is 0 Å². The number of nitrogens with one attached hydrogen (secondary N) is 1. The zero-order valence-corrected chi connectivity index (χ0v) is 15.5. The van der Waals surface area contributed by atoms with E-state index in [4.69, 9.17) is 9.63 Å². The molecule has 0 bridgehead atoms. The lowest BCUT2D eigenvalue weighted by atomic mass is 10.2. The van der Waals surface area contributed by atoms with E-state index in [0.717, 1.165) is 11.3 Å². The van der Waals surface area contributed by atoms with E-state index < -0.39 is 5.97 Å². The largest absolute Gasteiger partial charge is 0.477 e. The molecule has 3 aromatic rings. The molecule has 0 fully saturated rings. The van der Waals surface area contributed by atoms with E-state index in [1.54, 1.807) is 32.2 Å². The van der Waals surface area contributed by atoms with Crippen molar-refractivity contribution in [3.63, 3.8) is 0 Å². The Morgan fingerprint density at radius 2 is 2.15 bits per heavy atom. The first kappa shape index (κ1) is 18.6. The molecule has 9 nitrogen and oxygen atoms in total. The van der Waals surface area contributed by atoms with Crippen LogP contribution in [0.25, 0.3) is 11.5 Å². The van der Waals surface area contributed by atoms with Gasteiger partial charge in [-0.3, -0.25) is 9.78 Å². The lowest BCUT2D eigenvalue weighted by Crippen LogP contribution is -2.26. The third-order valence-corrected chi connectivity index (χ3v) is 5.01. The maximum absolute atomic E-state index is 12.1. The molecular weight excluding hydrogens is 370 g/mol. The number of rotatable bonds is 7. The van der Waals surface area contributed by atoms with E-state index in [9.17, 15) is 9.59 Å². The van der Waals surface area contributed by atoms with Gasteiger partial charge in [-0.15, -0.1) is 11.3 Å². The molecule has 1 amide bonds. The number of amides is 1. The summed E-state index contributed by atoms with van der Waals surface area (Å²) < 4.78 is 5.15. The van der Waals surface area contributed by atoms with Gasteiger partial charge in [-0.1, -0.05) is 11.2 Å². The molecule has 0 aliphatic rings. The van der Waals surface area contributed by atoms with E-state index in [2.05, 4.69) is 25.4 Å². The van der Waals surface area contributed by atoms with Crippen molar-refractivity contribution in [2.75, 3.05) is 0 Å². The van der Waals surface area contributed by atoms with Crippen LogP contribution in [0.15, 0.2) is 28.9 Å². The number of thiazole rings is 1. The molecular formula is C17H17N5O4S. The van der Waals surface area contributed by atoms with Gasteiger partial charge < -0.3 is 14.9 Å². The molecule has 140 valence electrons. The predicted octanol–water partition coefficient (Wildman–Crippen LogP) is 2.40. The van der Waals surface area contributed by atoms with Crippen LogP contribution >= 0.6 is 11.3 Å². The van der Waals surface area contributed by atoms with Gasteiger partial charge in [0, 0.05) is 19.0 Å². The van der Waals surface area contributed by atoms with Crippen LogP contribution in [0.1, 0.15) is 45.7 Å². The lowest BCUT2D eigenvalue weighted by Gasteiger charge is -2.10. The molecule has 0 aliphatic heterocycles. The molecule has 1 unspecified atom stereocenters. The normalized spacial score (nSPS) is 11.9. The van der Waals surface area contributed by atoms with Gasteiger partial charge in [0.15, 0.2) is 0 Å². The minimum absolute atomic E-state index is 0.157. The van der Waals surface area contributed by atoms with E-state index in [-0.39, 0.29) is 29.7 Å². The average molecular weight is 387 g/mol. The van der Waals surface area contributed by atoms with Crippen LogP contribution in [0.5, 0.6) is 0 Å². The number of hydrogen-bond acceptors (Lipinski definition) is 8. The van der Waals surface area contributed by atoms with Gasteiger partial charge in [0.25, 0.3) is 0 Å². The summed E-state index contributed by atoms with van der Waals surface area (Å²) in [5.74, 6) is -0.518. The van der Waals surface area contributed by atoms with Gasteiger partial charge in [0.2, 0.25) is 17.6 Å². The molecule has 0 aliphatic carbocycles. The molecule has 0 saturated heterocycles. The van der Waals surface area contributed by atoms with Gasteiger partial charge >= 0.3 is 5.97 Å². The molecule has 0 spiro atoms. The summed E-state index contributed by atoms with van der Waals surface area (Å²) in [6.07, 6.45) is 2.08. The standard InChI is InChI=1S/C17H17N5O4S/c1-9-14(17(24)25)27-16(20-9)10(2)19-12(23)6-7-13-21-15(22-26-13)11-5-3-4-8-18-11/h3-5,8,10H,6-7H2,1-2H3,(H,19,23)(H,24,25). The van der Waals surface area contributed by atoms with Crippen molar-refractivity contribution >= 4 is 23.2 Å². The smallest absolute Gasteiger partial charge is 0.347 e. The first-order chi connectivity index (χ1) is 12.9. The Bertz CT molecular complexity index is 953. The number of carboxylic acid groups (broad SMARTS) is 1. The van der Waals surface area contributed by atoms with Gasteiger partial charge in [-0.05, 0) is 26.0 Å². The fraction of sp³-hybridized carbons (Fsp3) is 0.294. The Balaban J connectivity index is 1.55. The van der Waals surface area contributed by atoms with Gasteiger partial charge in [0.1, 0.15) is 15.6 Å². The second-order valence-electron chi connectivity index (χ2n) is 5.79. The summed E-state index contributed by atoms with van der Waals surface area (Å²) in [4.78, 5) is 36.0. The van der Waals surface area contributed by atoms with Crippen molar-refractivity contribution in [2.24, 2.45) is 0 Å². The Hall–Kier alpha value is -3.14. The first-order valence-corrected chi connectivity index (χ1v) is 8.99. The zero-order valence-electron chi connectivity index (χ0n) is 14.7. The van der Waals surface area contributed by atoms with Crippen molar-refractivity contribution in [3.8, 4) is 11.5 Å². The summed E-state index contributed by atoms with van der Waals surface area (Å²) in [6, 6.07) is 4.99. The van der Waals surface area contributed by atoms with Crippen molar-refractivity contribution in [1.29, 1.82) is 0 Å². The number of aromatic carboxylic acids is 1. The summed E-state index contributed by atoms with van der Waals surface area (Å²) in [7, 11) is 0. The second kappa shape index (κ2) is 8.04. The maximum atomic E-state index is 12.1. The third kappa shape index (κ3) is 4.53. The molecule has 3 heterocycles. The van der Waals surface area contributed by atoms with Crippen LogP contribution in [-0.2, 0) is 11.2 Å². The predicted molar refractivity (Wildman–Crippen MR) is 96.2 cm³/mol. The van der Waals surface area contributed by atoms with Crippen molar-refractivity contribution in [2.45, 2.75) is 32.7 Å². The Morgan fingerprint density at radius 1 is 1.33 bits per heavy atom. The molecule has 0 aromatic carbocycles. The van der Waals surface area contributed by atoms with Crippen LogP contribution in [0.4, 0.5) is 0 Å². The average Bonchev–Trinajstić information content (AvgIpc) is 3.27. The number of aryl methyl sites for hydroxylation is 2. The minimum Gasteiger partial charge on any atom is -0.477 e. The van der Waals surface area contributed by atoms with E-state index >= 15 is 0 Å². The number of carbonyl (C=O) groups excluding carboxylic acids is 1. The second-order valence-corrected chi connectivity index (χ2v) is 6.82. The van der Waals surface area contributed by atoms with Crippen LogP contribution in [0.3, 0.4) is 0 Å². The Labute approximate surface area is 158 Å². The molecule has 3 rings (SSSR count). The molecule has 0 saturated carbocycles. The number of nitrogens with zero attached hydrogens (tertiary/aromatic N) is 4. The zero-order chi connectivity index (χ0) is 19.4. The summed E-state index contributed by atoms with van der Waals surface area (Å²) in [5.41, 5.74) is 1.04. The monoisotopic (exact) mass is 387 g/mol. The fourth-order valence-electron chi connectivity index (χ4n) is 2.35. The molecule has 0 radical (unpaired) electrons. The van der Waals surface area contributed by atoms with Crippen molar-refractivity contribution in [3.05, 3.63) is 45.9 Å². The Kier molecular flexibility index (Phi) is 5.55. The lowest BCUT2D eigenvalue weighted by molar-refractivity contribution is -0.121. The van der Waals surface area contributed by atoms with E-state index in [0.29, 0.717) is 28.1 Å². The molecule has 1 atom stereocenters. The minimum atomic E-state index is -1.02. The van der Waals surface area contributed by atoms with Crippen LogP contribution in [0, 0.1) is 6.92 Å². The quantitative estimate of drug-likeness (QED) is 0.632. The number of hydrogen-bond donors (Lipinski definition) is 2. The number of pyridine rings is 1. The molecule has 10 heteroatoms. The number of carbonyl (C=O) groups is 2. The summed E-state index contributed by atoms with van der Waals surface area (Å²) >= 11 is 1.06. The highest BCUT2D eigenvalue weighted by Crippen LogP contribution is 2.23.